The molecule has 0 amide bonds. The number of rotatable bonds is 3. The van der Waals surface area contributed by atoms with E-state index in [0.717, 1.165) is 5.69 Å². The van der Waals surface area contributed by atoms with E-state index >= 15 is 0 Å². The molecule has 0 fully saturated rings. The van der Waals surface area contributed by atoms with Gasteiger partial charge in [-0.25, -0.2) is 0 Å². The number of anilines is 1. The lowest BCUT2D eigenvalue weighted by molar-refractivity contribution is 0.613. The Bertz CT molecular complexity index is 404. The van der Waals surface area contributed by atoms with Gasteiger partial charge in [-0.05, 0) is 30.4 Å². The van der Waals surface area contributed by atoms with Crippen molar-refractivity contribution in [1.82, 2.24) is 10.2 Å². The highest BCUT2D eigenvalue weighted by atomic mass is 35.5. The summed E-state index contributed by atoms with van der Waals surface area (Å²) >= 11 is 10.9. The van der Waals surface area contributed by atoms with Crippen molar-refractivity contribution in [3.05, 3.63) is 41.7 Å². The van der Waals surface area contributed by atoms with Crippen LogP contribution in [0.25, 0.3) is 0 Å². The summed E-state index contributed by atoms with van der Waals surface area (Å²) in [4.78, 5) is 1.79. The zero-order chi connectivity index (χ0) is 12.1. The Morgan fingerprint density at radius 2 is 2.12 bits per heavy atom. The molecule has 1 rings (SSSR count). The van der Waals surface area contributed by atoms with Gasteiger partial charge in [-0.15, -0.1) is 0 Å². The van der Waals surface area contributed by atoms with Crippen LogP contribution in [0.5, 0.6) is 0 Å². The van der Waals surface area contributed by atoms with Crippen molar-refractivity contribution in [3.8, 4) is 0 Å². The molecule has 0 aliphatic rings. The fraction of sp³-hybridized carbons (Fsp3) is 0.182. The number of nitrogens with one attached hydrogen (secondary N) is 2. The Morgan fingerprint density at radius 3 is 2.69 bits per heavy atom. The van der Waals surface area contributed by atoms with Crippen LogP contribution in [-0.2, 0) is 0 Å². The summed E-state index contributed by atoms with van der Waals surface area (Å²) in [6.45, 7) is 3.82. The van der Waals surface area contributed by atoms with Crippen LogP contribution in [0.2, 0.25) is 5.02 Å². The van der Waals surface area contributed by atoms with Gasteiger partial charge in [-0.3, -0.25) is 0 Å². The van der Waals surface area contributed by atoms with Crippen LogP contribution in [0.4, 0.5) is 5.69 Å². The van der Waals surface area contributed by atoms with Crippen LogP contribution in [0.15, 0.2) is 36.7 Å². The highest BCUT2D eigenvalue weighted by molar-refractivity contribution is 7.80. The molecule has 16 heavy (non-hydrogen) atoms. The van der Waals surface area contributed by atoms with Gasteiger partial charge in [0.25, 0.3) is 0 Å². The highest BCUT2D eigenvalue weighted by Gasteiger charge is 2.01. The first-order valence-corrected chi connectivity index (χ1v) is 5.47. The highest BCUT2D eigenvalue weighted by Crippen LogP contribution is 2.15. The minimum absolute atomic E-state index is 0.597. The first kappa shape index (κ1) is 12.8. The third kappa shape index (κ3) is 4.08. The Balaban J connectivity index is 2.55. The molecule has 0 aliphatic heterocycles. The zero-order valence-corrected chi connectivity index (χ0v) is 10.8. The number of benzene rings is 1. The van der Waals surface area contributed by atoms with Crippen molar-refractivity contribution < 1.29 is 0 Å². The molecular weight excluding hydrogens is 242 g/mol. The van der Waals surface area contributed by atoms with Gasteiger partial charge in [0.2, 0.25) is 0 Å². The van der Waals surface area contributed by atoms with E-state index < -0.39 is 0 Å². The quantitative estimate of drug-likeness (QED) is 0.812. The van der Waals surface area contributed by atoms with Crippen LogP contribution < -0.4 is 10.6 Å². The average molecular weight is 256 g/mol. The molecule has 86 valence electrons. The van der Waals surface area contributed by atoms with Gasteiger partial charge in [-0.1, -0.05) is 24.2 Å². The molecule has 3 nitrogen and oxygen atoms in total. The summed E-state index contributed by atoms with van der Waals surface area (Å²) in [7, 11) is 3.73. The fourth-order valence-corrected chi connectivity index (χ4v) is 1.33. The summed E-state index contributed by atoms with van der Waals surface area (Å²) < 4.78 is 0. The Labute approximate surface area is 106 Å². The van der Waals surface area contributed by atoms with Gasteiger partial charge < -0.3 is 15.5 Å². The van der Waals surface area contributed by atoms with Crippen LogP contribution in [0, 0.1) is 0 Å². The molecule has 0 saturated heterocycles. The number of halogens is 1. The Kier molecular flexibility index (Phi) is 4.58. The predicted octanol–water partition coefficient (Wildman–Crippen LogP) is 2.66. The maximum absolute atomic E-state index is 5.86. The maximum Gasteiger partial charge on any atom is 0.173 e. The van der Waals surface area contributed by atoms with Gasteiger partial charge in [-0.2, -0.15) is 0 Å². The number of hydrogen-bond acceptors (Lipinski definition) is 2. The minimum atomic E-state index is 0.597. The third-order valence-corrected chi connectivity index (χ3v) is 2.49. The molecule has 5 heteroatoms. The van der Waals surface area contributed by atoms with Gasteiger partial charge in [0.1, 0.15) is 5.82 Å². The minimum Gasteiger partial charge on any atom is -0.355 e. The van der Waals surface area contributed by atoms with E-state index in [2.05, 4.69) is 17.2 Å². The largest absolute Gasteiger partial charge is 0.355 e. The topological polar surface area (TPSA) is 27.3 Å². The van der Waals surface area contributed by atoms with Crippen molar-refractivity contribution in [2.45, 2.75) is 0 Å². The summed E-state index contributed by atoms with van der Waals surface area (Å²) in [6, 6.07) is 7.39. The lowest BCUT2D eigenvalue weighted by Crippen LogP contribution is -2.35. The average Bonchev–Trinajstić information content (AvgIpc) is 2.16. The lowest BCUT2D eigenvalue weighted by atomic mass is 10.3. The fourth-order valence-electron chi connectivity index (χ4n) is 1.01. The molecule has 0 bridgehead atoms. The SMILES string of the molecule is C=C(NC(=S)N(C)C)Nc1cccc(Cl)c1. The third-order valence-electron chi connectivity index (χ3n) is 1.78. The molecule has 1 aromatic carbocycles. The second-order valence-electron chi connectivity index (χ2n) is 3.44. The maximum atomic E-state index is 5.86. The van der Waals surface area contributed by atoms with E-state index in [1.807, 2.05) is 38.4 Å². The normalized spacial score (nSPS) is 9.44. The molecular formula is C11H14ClN3S. The van der Waals surface area contributed by atoms with E-state index in [1.165, 1.54) is 0 Å². The second kappa shape index (κ2) is 5.72. The van der Waals surface area contributed by atoms with Gasteiger partial charge in [0.15, 0.2) is 5.11 Å². The Hall–Kier alpha value is -1.26. The monoisotopic (exact) mass is 255 g/mol. The molecule has 0 radical (unpaired) electrons. The molecule has 0 spiro atoms. The number of nitrogens with zero attached hydrogens (tertiary/aromatic N) is 1. The van der Waals surface area contributed by atoms with Crippen LogP contribution in [0.1, 0.15) is 0 Å². The van der Waals surface area contributed by atoms with Crippen LogP contribution in [0.3, 0.4) is 0 Å². The number of hydrogen-bond donors (Lipinski definition) is 2. The molecule has 0 aromatic heterocycles. The van der Waals surface area contributed by atoms with Crippen molar-refractivity contribution >= 4 is 34.6 Å². The van der Waals surface area contributed by atoms with E-state index in [1.54, 1.807) is 4.90 Å². The van der Waals surface area contributed by atoms with Crippen molar-refractivity contribution in [1.29, 1.82) is 0 Å². The van der Waals surface area contributed by atoms with E-state index in [0.29, 0.717) is 16.0 Å². The van der Waals surface area contributed by atoms with Gasteiger partial charge >= 0.3 is 0 Å². The summed E-state index contributed by atoms with van der Waals surface area (Å²) in [5, 5.41) is 7.29. The molecule has 0 aliphatic carbocycles. The van der Waals surface area contributed by atoms with Crippen LogP contribution in [-0.4, -0.2) is 24.1 Å². The van der Waals surface area contributed by atoms with E-state index in [-0.39, 0.29) is 0 Å². The summed E-state index contributed by atoms with van der Waals surface area (Å²) in [5.41, 5.74) is 0.867. The summed E-state index contributed by atoms with van der Waals surface area (Å²) in [5.74, 6) is 0.612. The standard InChI is InChI=1S/C11H14ClN3S/c1-8(14-11(16)15(2)3)13-10-6-4-5-9(12)7-10/h4-7,13H,1H2,2-3H3,(H,14,16). The lowest BCUT2D eigenvalue weighted by Gasteiger charge is -2.18. The zero-order valence-electron chi connectivity index (χ0n) is 9.25. The number of thiocarbonyl (C=S) groups is 1. The van der Waals surface area contributed by atoms with Crippen molar-refractivity contribution in [2.75, 3.05) is 19.4 Å². The molecule has 1 aromatic rings. The molecule has 2 N–H and O–H groups in total. The molecule has 0 atom stereocenters. The first-order valence-electron chi connectivity index (χ1n) is 4.69. The predicted molar refractivity (Wildman–Crippen MR) is 73.6 cm³/mol. The smallest absolute Gasteiger partial charge is 0.173 e. The second-order valence-corrected chi connectivity index (χ2v) is 4.26. The van der Waals surface area contributed by atoms with E-state index in [9.17, 15) is 0 Å². The van der Waals surface area contributed by atoms with Crippen LogP contribution >= 0.6 is 23.8 Å². The molecule has 0 unspecified atom stereocenters. The molecule has 0 saturated carbocycles. The first-order chi connectivity index (χ1) is 7.49. The Morgan fingerprint density at radius 1 is 1.44 bits per heavy atom. The van der Waals surface area contributed by atoms with Gasteiger partial charge in [0, 0.05) is 24.8 Å². The summed E-state index contributed by atoms with van der Waals surface area (Å²) in [6.07, 6.45) is 0. The van der Waals surface area contributed by atoms with Crippen molar-refractivity contribution in [3.63, 3.8) is 0 Å². The van der Waals surface area contributed by atoms with Crippen molar-refractivity contribution in [2.24, 2.45) is 0 Å². The molecule has 0 heterocycles. The van der Waals surface area contributed by atoms with Gasteiger partial charge in [0.05, 0.1) is 0 Å². The van der Waals surface area contributed by atoms with E-state index in [4.69, 9.17) is 23.8 Å².